The summed E-state index contributed by atoms with van der Waals surface area (Å²) in [4.78, 5) is 10.7. The van der Waals surface area contributed by atoms with Crippen molar-refractivity contribution >= 4 is 29.2 Å². The van der Waals surface area contributed by atoms with Crippen molar-refractivity contribution in [3.8, 4) is 0 Å². The van der Waals surface area contributed by atoms with Crippen LogP contribution in [0.3, 0.4) is 0 Å². The van der Waals surface area contributed by atoms with Crippen molar-refractivity contribution in [1.29, 1.82) is 0 Å². The fourth-order valence-electron chi connectivity index (χ4n) is 1.05. The Hall–Kier alpha value is -0.730. The van der Waals surface area contributed by atoms with Gasteiger partial charge in [-0.1, -0.05) is 29.3 Å². The predicted molar refractivity (Wildman–Crippen MR) is 52.5 cm³/mol. The standard InChI is InChI=1S/C9H8Cl2O2/c1-5(9(12)13)8-6(10)3-2-4-7(8)11/h2-5H,1H3,(H,12,13). The maximum absolute atomic E-state index is 10.7. The van der Waals surface area contributed by atoms with Crippen LogP contribution in [0, 0.1) is 0 Å². The quantitative estimate of drug-likeness (QED) is 0.829. The van der Waals surface area contributed by atoms with Gasteiger partial charge in [-0.2, -0.15) is 0 Å². The van der Waals surface area contributed by atoms with Gasteiger partial charge in [0.05, 0.1) is 5.92 Å². The molecule has 0 radical (unpaired) electrons. The van der Waals surface area contributed by atoms with E-state index in [-0.39, 0.29) is 0 Å². The molecule has 1 aromatic rings. The third-order valence-corrected chi connectivity index (χ3v) is 2.46. The number of hydrogen-bond donors (Lipinski definition) is 1. The van der Waals surface area contributed by atoms with Crippen molar-refractivity contribution in [2.45, 2.75) is 12.8 Å². The molecule has 1 unspecified atom stereocenters. The van der Waals surface area contributed by atoms with Crippen molar-refractivity contribution in [2.24, 2.45) is 0 Å². The average Bonchev–Trinajstić information content (AvgIpc) is 2.03. The van der Waals surface area contributed by atoms with Gasteiger partial charge in [-0.15, -0.1) is 0 Å². The maximum atomic E-state index is 10.7. The molecule has 1 N–H and O–H groups in total. The van der Waals surface area contributed by atoms with Crippen LogP contribution >= 0.6 is 23.2 Å². The molecule has 1 aromatic carbocycles. The minimum Gasteiger partial charge on any atom is -0.481 e. The van der Waals surface area contributed by atoms with Crippen molar-refractivity contribution in [3.63, 3.8) is 0 Å². The molecule has 0 aromatic heterocycles. The number of carbonyl (C=O) groups is 1. The molecule has 0 aliphatic heterocycles. The third-order valence-electron chi connectivity index (χ3n) is 1.80. The molecule has 0 aliphatic rings. The largest absolute Gasteiger partial charge is 0.481 e. The van der Waals surface area contributed by atoms with Gasteiger partial charge in [0, 0.05) is 15.6 Å². The molecule has 1 rings (SSSR count). The Morgan fingerprint density at radius 3 is 2.23 bits per heavy atom. The second-order valence-electron chi connectivity index (χ2n) is 2.70. The number of carboxylic acid groups (broad SMARTS) is 1. The molecule has 2 nitrogen and oxygen atoms in total. The minimum absolute atomic E-state index is 0.391. The van der Waals surface area contributed by atoms with E-state index in [4.69, 9.17) is 28.3 Å². The first kappa shape index (κ1) is 10.4. The summed E-state index contributed by atoms with van der Waals surface area (Å²) in [7, 11) is 0. The highest BCUT2D eigenvalue weighted by atomic mass is 35.5. The summed E-state index contributed by atoms with van der Waals surface area (Å²) in [5, 5.41) is 9.55. The lowest BCUT2D eigenvalue weighted by Crippen LogP contribution is -2.08. The van der Waals surface area contributed by atoms with E-state index < -0.39 is 11.9 Å². The average molecular weight is 219 g/mol. The first-order valence-electron chi connectivity index (χ1n) is 3.70. The highest BCUT2D eigenvalue weighted by molar-refractivity contribution is 6.36. The van der Waals surface area contributed by atoms with Gasteiger partial charge in [0.1, 0.15) is 0 Å². The Kier molecular flexibility index (Phi) is 3.17. The SMILES string of the molecule is CC(C(=O)O)c1c(Cl)cccc1Cl. The van der Waals surface area contributed by atoms with E-state index in [9.17, 15) is 4.79 Å². The maximum Gasteiger partial charge on any atom is 0.310 e. The Morgan fingerprint density at radius 2 is 1.85 bits per heavy atom. The number of rotatable bonds is 2. The van der Waals surface area contributed by atoms with Crippen LogP contribution < -0.4 is 0 Å². The lowest BCUT2D eigenvalue weighted by molar-refractivity contribution is -0.138. The molecule has 0 heterocycles. The first-order chi connectivity index (χ1) is 6.04. The van der Waals surface area contributed by atoms with Gasteiger partial charge in [-0.3, -0.25) is 4.79 Å². The van der Waals surface area contributed by atoms with Crippen LogP contribution in [0.4, 0.5) is 0 Å². The summed E-state index contributed by atoms with van der Waals surface area (Å²) in [5.74, 6) is -1.61. The summed E-state index contributed by atoms with van der Waals surface area (Å²) in [6, 6.07) is 4.94. The van der Waals surface area contributed by atoms with Crippen molar-refractivity contribution in [1.82, 2.24) is 0 Å². The van der Waals surface area contributed by atoms with Crippen molar-refractivity contribution in [3.05, 3.63) is 33.8 Å². The number of halogens is 2. The highest BCUT2D eigenvalue weighted by Crippen LogP contribution is 2.31. The van der Waals surface area contributed by atoms with Crippen LogP contribution in [-0.2, 0) is 4.79 Å². The second kappa shape index (κ2) is 3.99. The van der Waals surface area contributed by atoms with E-state index in [2.05, 4.69) is 0 Å². The van der Waals surface area contributed by atoms with E-state index in [1.165, 1.54) is 0 Å². The molecule has 0 bridgehead atoms. The van der Waals surface area contributed by atoms with Gasteiger partial charge < -0.3 is 5.11 Å². The van der Waals surface area contributed by atoms with Gasteiger partial charge in [0.2, 0.25) is 0 Å². The molecular formula is C9H8Cl2O2. The molecule has 0 fully saturated rings. The molecule has 13 heavy (non-hydrogen) atoms. The Morgan fingerprint density at radius 1 is 1.38 bits per heavy atom. The molecule has 0 spiro atoms. The fourth-order valence-corrected chi connectivity index (χ4v) is 1.77. The molecule has 0 aliphatic carbocycles. The van der Waals surface area contributed by atoms with Gasteiger partial charge >= 0.3 is 5.97 Å². The van der Waals surface area contributed by atoms with E-state index in [1.807, 2.05) is 0 Å². The minimum atomic E-state index is -0.935. The van der Waals surface area contributed by atoms with Crippen LogP contribution in [-0.4, -0.2) is 11.1 Å². The van der Waals surface area contributed by atoms with Crippen LogP contribution in [0.5, 0.6) is 0 Å². The van der Waals surface area contributed by atoms with E-state index in [0.29, 0.717) is 15.6 Å². The van der Waals surface area contributed by atoms with Gasteiger partial charge in [-0.05, 0) is 19.1 Å². The Labute approximate surface area is 86.1 Å². The molecule has 70 valence electrons. The van der Waals surface area contributed by atoms with Gasteiger partial charge in [0.25, 0.3) is 0 Å². The summed E-state index contributed by atoms with van der Waals surface area (Å²) in [5.41, 5.74) is 0.471. The second-order valence-corrected chi connectivity index (χ2v) is 3.51. The van der Waals surface area contributed by atoms with Crippen LogP contribution in [0.15, 0.2) is 18.2 Å². The number of aliphatic carboxylic acids is 1. The topological polar surface area (TPSA) is 37.3 Å². The zero-order valence-corrected chi connectivity index (χ0v) is 8.43. The summed E-state index contributed by atoms with van der Waals surface area (Å²) < 4.78 is 0. The number of benzene rings is 1. The smallest absolute Gasteiger partial charge is 0.310 e. The Bertz CT molecular complexity index is 316. The lowest BCUT2D eigenvalue weighted by atomic mass is 10.0. The fraction of sp³-hybridized carbons (Fsp3) is 0.222. The zero-order chi connectivity index (χ0) is 10.0. The third kappa shape index (κ3) is 2.14. The molecule has 0 saturated carbocycles. The first-order valence-corrected chi connectivity index (χ1v) is 4.46. The predicted octanol–water partition coefficient (Wildman–Crippen LogP) is 3.18. The zero-order valence-electron chi connectivity index (χ0n) is 6.92. The van der Waals surface area contributed by atoms with E-state index in [0.717, 1.165) is 0 Å². The van der Waals surface area contributed by atoms with Gasteiger partial charge in [0.15, 0.2) is 0 Å². The van der Waals surface area contributed by atoms with Crippen LogP contribution in [0.25, 0.3) is 0 Å². The monoisotopic (exact) mass is 218 g/mol. The molecule has 1 atom stereocenters. The van der Waals surface area contributed by atoms with Gasteiger partial charge in [-0.25, -0.2) is 0 Å². The van der Waals surface area contributed by atoms with E-state index >= 15 is 0 Å². The van der Waals surface area contributed by atoms with Crippen molar-refractivity contribution < 1.29 is 9.90 Å². The molecule has 0 amide bonds. The van der Waals surface area contributed by atoms with Crippen LogP contribution in [0.2, 0.25) is 10.0 Å². The lowest BCUT2D eigenvalue weighted by Gasteiger charge is -2.10. The summed E-state index contributed by atoms with van der Waals surface area (Å²) in [6.45, 7) is 1.55. The molecule has 4 heteroatoms. The Balaban J connectivity index is 3.20. The molecule has 0 saturated heterocycles. The van der Waals surface area contributed by atoms with Crippen LogP contribution in [0.1, 0.15) is 18.4 Å². The summed E-state index contributed by atoms with van der Waals surface area (Å²) in [6.07, 6.45) is 0. The highest BCUT2D eigenvalue weighted by Gasteiger charge is 2.19. The number of carboxylic acids is 1. The number of hydrogen-bond acceptors (Lipinski definition) is 1. The summed E-state index contributed by atoms with van der Waals surface area (Å²) >= 11 is 11.6. The van der Waals surface area contributed by atoms with Crippen molar-refractivity contribution in [2.75, 3.05) is 0 Å². The molecular weight excluding hydrogens is 211 g/mol. The normalized spacial score (nSPS) is 12.5. The van der Waals surface area contributed by atoms with E-state index in [1.54, 1.807) is 25.1 Å².